The van der Waals surface area contributed by atoms with Gasteiger partial charge in [0.15, 0.2) is 17.5 Å². The number of aromatic nitrogens is 4. The molecule has 0 radical (unpaired) electrons. The molecule has 0 fully saturated rings. The van der Waals surface area contributed by atoms with Gasteiger partial charge < -0.3 is 8.98 Å². The number of furan rings is 1. The fourth-order valence-corrected chi connectivity index (χ4v) is 8.90. The van der Waals surface area contributed by atoms with E-state index in [1.54, 1.807) is 0 Å². The Balaban J connectivity index is 1.04. The van der Waals surface area contributed by atoms with Gasteiger partial charge in [0.05, 0.1) is 22.0 Å². The van der Waals surface area contributed by atoms with Crippen LogP contribution in [0.2, 0.25) is 0 Å². The van der Waals surface area contributed by atoms with Gasteiger partial charge in [-0.2, -0.15) is 0 Å². The van der Waals surface area contributed by atoms with Crippen molar-refractivity contribution in [3.05, 3.63) is 218 Å². The topological polar surface area (TPSA) is 56.7 Å². The van der Waals surface area contributed by atoms with Gasteiger partial charge in [0, 0.05) is 33.0 Å². The molecule has 0 amide bonds. The minimum absolute atomic E-state index is 0.548. The largest absolute Gasteiger partial charge is 0.455 e. The Bertz CT molecular complexity index is 3610. The zero-order valence-corrected chi connectivity index (χ0v) is 33.5. The van der Waals surface area contributed by atoms with Gasteiger partial charge in [0.25, 0.3) is 0 Å². The van der Waals surface area contributed by atoms with E-state index in [9.17, 15) is 0 Å². The van der Waals surface area contributed by atoms with Crippen molar-refractivity contribution in [2.75, 3.05) is 0 Å². The molecule has 3 aromatic heterocycles. The Morgan fingerprint density at radius 2 is 0.855 bits per heavy atom. The molecule has 0 atom stereocenters. The first-order valence-corrected chi connectivity index (χ1v) is 20.8. The van der Waals surface area contributed by atoms with E-state index in [1.807, 2.05) is 36.4 Å². The summed E-state index contributed by atoms with van der Waals surface area (Å²) < 4.78 is 9.32. The average Bonchev–Trinajstić information content (AvgIpc) is 3.91. The standard InChI is InChI=1S/C57H36N4O/c1-4-15-37(16-5-1)39-29-31-40(32-30-39)43-22-13-24-45(36-43)61-50-28-11-10-25-46(50)47-33-34-51-52(53(47)61)48-26-14-27-49(54(48)62-51)57-59-55(41-19-8-3-9-20-41)58-56(60-57)44-23-12-21-42(35-44)38-17-6-2-7-18-38/h1-36H. The van der Waals surface area contributed by atoms with Crippen LogP contribution in [0.5, 0.6) is 0 Å². The van der Waals surface area contributed by atoms with Crippen LogP contribution in [0.15, 0.2) is 223 Å². The molecule has 0 aliphatic rings. The second-order valence-corrected chi connectivity index (χ2v) is 15.6. The summed E-state index contributed by atoms with van der Waals surface area (Å²) in [6, 6.07) is 76.3. The summed E-state index contributed by atoms with van der Waals surface area (Å²) in [4.78, 5) is 15.4. The van der Waals surface area contributed by atoms with E-state index in [1.165, 1.54) is 16.5 Å². The number of benzene rings is 9. The SMILES string of the molecule is c1ccc(-c2ccc(-c3cccc(-n4c5ccccc5c5ccc6oc7c(-c8nc(-c9ccccc9)nc(-c9cccc(-c%10ccccc%10)c9)n8)cccc7c6c54)c3)cc2)cc1. The highest BCUT2D eigenvalue weighted by atomic mass is 16.3. The third-order valence-electron chi connectivity index (χ3n) is 11.9. The maximum absolute atomic E-state index is 6.93. The molecule has 3 heterocycles. The summed E-state index contributed by atoms with van der Waals surface area (Å²) in [7, 11) is 0. The van der Waals surface area contributed by atoms with Gasteiger partial charge in [-0.3, -0.25) is 0 Å². The van der Waals surface area contributed by atoms with E-state index in [-0.39, 0.29) is 0 Å². The highest BCUT2D eigenvalue weighted by Gasteiger charge is 2.22. The van der Waals surface area contributed by atoms with E-state index < -0.39 is 0 Å². The molecule has 0 aliphatic heterocycles. The van der Waals surface area contributed by atoms with Gasteiger partial charge >= 0.3 is 0 Å². The van der Waals surface area contributed by atoms with Crippen molar-refractivity contribution >= 4 is 43.7 Å². The lowest BCUT2D eigenvalue weighted by Gasteiger charge is -2.11. The smallest absolute Gasteiger partial charge is 0.167 e. The Morgan fingerprint density at radius 1 is 0.339 bits per heavy atom. The number of nitrogens with zero attached hydrogens (tertiary/aromatic N) is 4. The molecule has 5 heteroatoms. The summed E-state index contributed by atoms with van der Waals surface area (Å²) in [5.41, 5.74) is 14.4. The summed E-state index contributed by atoms with van der Waals surface area (Å²) in [6.07, 6.45) is 0. The minimum atomic E-state index is 0.548. The molecule has 12 aromatic rings. The maximum atomic E-state index is 6.93. The first-order chi connectivity index (χ1) is 30.7. The fourth-order valence-electron chi connectivity index (χ4n) is 8.90. The lowest BCUT2D eigenvalue weighted by Crippen LogP contribution is -2.00. The Labute approximate surface area is 357 Å². The van der Waals surface area contributed by atoms with Crippen molar-refractivity contribution in [1.82, 2.24) is 19.5 Å². The third kappa shape index (κ3) is 6.06. The lowest BCUT2D eigenvalue weighted by atomic mass is 10.00. The van der Waals surface area contributed by atoms with Crippen molar-refractivity contribution in [3.8, 4) is 73.2 Å². The summed E-state index contributed by atoms with van der Waals surface area (Å²) in [5, 5.41) is 4.38. The molecule has 0 saturated heterocycles. The lowest BCUT2D eigenvalue weighted by molar-refractivity contribution is 0.669. The molecule has 62 heavy (non-hydrogen) atoms. The highest BCUT2D eigenvalue weighted by molar-refractivity contribution is 6.25. The van der Waals surface area contributed by atoms with Gasteiger partial charge in [-0.15, -0.1) is 0 Å². The second-order valence-electron chi connectivity index (χ2n) is 15.6. The number of hydrogen-bond acceptors (Lipinski definition) is 4. The monoisotopic (exact) mass is 792 g/mol. The molecule has 0 saturated carbocycles. The van der Waals surface area contributed by atoms with Crippen LogP contribution in [0.1, 0.15) is 0 Å². The number of rotatable bonds is 7. The van der Waals surface area contributed by atoms with Crippen molar-refractivity contribution in [3.63, 3.8) is 0 Å². The molecule has 12 rings (SSSR count). The normalized spacial score (nSPS) is 11.5. The molecule has 5 nitrogen and oxygen atoms in total. The number of fused-ring (bicyclic) bond motifs is 7. The first-order valence-electron chi connectivity index (χ1n) is 20.8. The van der Waals surface area contributed by atoms with E-state index in [0.717, 1.165) is 83.0 Å². The zero-order valence-electron chi connectivity index (χ0n) is 33.5. The van der Waals surface area contributed by atoms with Gasteiger partial charge in [0.2, 0.25) is 0 Å². The first kappa shape index (κ1) is 35.5. The van der Waals surface area contributed by atoms with Gasteiger partial charge in [0.1, 0.15) is 11.2 Å². The molecular weight excluding hydrogens is 757 g/mol. The average molecular weight is 793 g/mol. The summed E-state index contributed by atoms with van der Waals surface area (Å²) >= 11 is 0. The second kappa shape index (κ2) is 14.7. The van der Waals surface area contributed by atoms with Crippen LogP contribution >= 0.6 is 0 Å². The van der Waals surface area contributed by atoms with E-state index in [4.69, 9.17) is 19.4 Å². The highest BCUT2D eigenvalue weighted by Crippen LogP contribution is 2.43. The quantitative estimate of drug-likeness (QED) is 0.161. The van der Waals surface area contributed by atoms with Gasteiger partial charge in [-0.25, -0.2) is 15.0 Å². The third-order valence-corrected chi connectivity index (χ3v) is 11.9. The van der Waals surface area contributed by atoms with Crippen molar-refractivity contribution < 1.29 is 4.42 Å². The van der Waals surface area contributed by atoms with Crippen LogP contribution < -0.4 is 0 Å². The predicted molar refractivity (Wildman–Crippen MR) is 254 cm³/mol. The van der Waals surface area contributed by atoms with E-state index in [0.29, 0.717) is 17.5 Å². The Morgan fingerprint density at radius 3 is 1.60 bits per heavy atom. The minimum Gasteiger partial charge on any atom is -0.455 e. The molecule has 0 spiro atoms. The maximum Gasteiger partial charge on any atom is 0.167 e. The molecule has 9 aromatic carbocycles. The Hall–Kier alpha value is -8.41. The fraction of sp³-hybridized carbons (Fsp3) is 0. The molecule has 0 N–H and O–H groups in total. The van der Waals surface area contributed by atoms with E-state index in [2.05, 4.69) is 187 Å². The van der Waals surface area contributed by atoms with Crippen molar-refractivity contribution in [1.29, 1.82) is 0 Å². The molecule has 0 unspecified atom stereocenters. The Kier molecular flexibility index (Phi) is 8.42. The van der Waals surface area contributed by atoms with Crippen LogP contribution in [-0.4, -0.2) is 19.5 Å². The summed E-state index contributed by atoms with van der Waals surface area (Å²) in [5.74, 6) is 1.74. The van der Waals surface area contributed by atoms with Gasteiger partial charge in [-0.05, 0) is 75.8 Å². The van der Waals surface area contributed by atoms with Crippen molar-refractivity contribution in [2.24, 2.45) is 0 Å². The molecule has 0 aliphatic carbocycles. The van der Waals surface area contributed by atoms with Gasteiger partial charge in [-0.1, -0.05) is 176 Å². The molecule has 290 valence electrons. The van der Waals surface area contributed by atoms with Crippen LogP contribution in [0.4, 0.5) is 0 Å². The van der Waals surface area contributed by atoms with Crippen LogP contribution in [-0.2, 0) is 0 Å². The number of hydrogen-bond donors (Lipinski definition) is 0. The van der Waals surface area contributed by atoms with Crippen LogP contribution in [0.3, 0.4) is 0 Å². The molecular formula is C57H36N4O. The summed E-state index contributed by atoms with van der Waals surface area (Å²) in [6.45, 7) is 0. The zero-order chi connectivity index (χ0) is 41.0. The van der Waals surface area contributed by atoms with Crippen LogP contribution in [0, 0.1) is 0 Å². The number of para-hydroxylation sites is 2. The molecule has 0 bridgehead atoms. The van der Waals surface area contributed by atoms with Crippen LogP contribution in [0.25, 0.3) is 117 Å². The van der Waals surface area contributed by atoms with Crippen molar-refractivity contribution in [2.45, 2.75) is 0 Å². The van der Waals surface area contributed by atoms with E-state index >= 15 is 0 Å². The predicted octanol–water partition coefficient (Wildman–Crippen LogP) is 14.9.